The quantitative estimate of drug-likeness (QED) is 0.494. The van der Waals surface area contributed by atoms with Crippen LogP contribution in [0.5, 0.6) is 0 Å². The first-order chi connectivity index (χ1) is 10.8. The minimum absolute atomic E-state index is 0.00882. The summed E-state index contributed by atoms with van der Waals surface area (Å²) in [6.07, 6.45) is -0.0511. The molecule has 0 aliphatic carbocycles. The molecule has 2 aromatic rings. The fraction of sp³-hybridized carbons (Fsp3) is 0.308. The number of rotatable bonds is 5. The van der Waals surface area contributed by atoms with E-state index in [2.05, 4.69) is 9.84 Å². The first-order valence-corrected chi connectivity index (χ1v) is 6.60. The third-order valence-corrected chi connectivity index (χ3v) is 3.32. The topological polar surface area (TPSA) is 134 Å². The van der Waals surface area contributed by atoms with Gasteiger partial charge in [-0.25, -0.2) is 4.79 Å². The number of carbonyl (C=O) groups is 2. The minimum atomic E-state index is -0.785. The predicted molar refractivity (Wildman–Crippen MR) is 80.9 cm³/mol. The van der Waals surface area contributed by atoms with Crippen molar-refractivity contribution < 1.29 is 19.2 Å². The zero-order chi connectivity index (χ0) is 17.1. The van der Waals surface area contributed by atoms with Crippen LogP contribution < -0.4 is 10.6 Å². The van der Waals surface area contributed by atoms with Crippen molar-refractivity contribution >= 4 is 34.4 Å². The lowest BCUT2D eigenvalue weighted by Gasteiger charge is -2.17. The molecule has 23 heavy (non-hydrogen) atoms. The van der Waals surface area contributed by atoms with Crippen LogP contribution in [0.25, 0.3) is 10.9 Å². The average Bonchev–Trinajstić information content (AvgIpc) is 2.83. The number of non-ortho nitro benzene ring substituents is 1. The van der Waals surface area contributed by atoms with Gasteiger partial charge in [0.2, 0.25) is 0 Å². The van der Waals surface area contributed by atoms with Gasteiger partial charge in [0, 0.05) is 31.1 Å². The summed E-state index contributed by atoms with van der Waals surface area (Å²) in [7, 11) is 2.83. The van der Waals surface area contributed by atoms with Gasteiger partial charge in [0.1, 0.15) is 0 Å². The molecule has 0 atom stereocenters. The van der Waals surface area contributed by atoms with Gasteiger partial charge in [-0.2, -0.15) is 5.10 Å². The molecule has 2 rings (SSSR count). The van der Waals surface area contributed by atoms with Gasteiger partial charge in [-0.05, 0) is 6.07 Å². The molecule has 0 saturated carbocycles. The second kappa shape index (κ2) is 6.30. The number of nitrogens with two attached hydrogens (primary N) is 1. The Hall–Kier alpha value is -3.17. The number of ether oxygens (including phenoxy) is 1. The standard InChI is InChI=1S/C13H15N5O5/c1-16-10-7-8(18(21)22)3-4-9(10)12(15-16)17(13(14)20)6-5-11(19)23-2/h3-4,7H,5-6H2,1-2H3,(H2,14,20). The van der Waals surface area contributed by atoms with Gasteiger partial charge < -0.3 is 10.5 Å². The van der Waals surface area contributed by atoms with E-state index in [1.165, 1.54) is 30.0 Å². The molecular formula is C13H15N5O5. The summed E-state index contributed by atoms with van der Waals surface area (Å²) >= 11 is 0. The average molecular weight is 321 g/mol. The van der Waals surface area contributed by atoms with E-state index in [1.807, 2.05) is 0 Å². The number of fused-ring (bicyclic) bond motifs is 1. The maximum absolute atomic E-state index is 11.7. The van der Waals surface area contributed by atoms with Crippen molar-refractivity contribution in [2.45, 2.75) is 6.42 Å². The molecule has 2 amide bonds. The number of esters is 1. The zero-order valence-electron chi connectivity index (χ0n) is 12.6. The van der Waals surface area contributed by atoms with Crippen molar-refractivity contribution in [2.75, 3.05) is 18.6 Å². The number of hydrogen-bond donors (Lipinski definition) is 1. The second-order valence-corrected chi connectivity index (χ2v) is 4.72. The molecule has 10 nitrogen and oxygen atoms in total. The van der Waals surface area contributed by atoms with Gasteiger partial charge >= 0.3 is 12.0 Å². The van der Waals surface area contributed by atoms with E-state index < -0.39 is 16.9 Å². The largest absolute Gasteiger partial charge is 0.469 e. The van der Waals surface area contributed by atoms with Crippen LogP contribution >= 0.6 is 0 Å². The maximum Gasteiger partial charge on any atom is 0.320 e. The van der Waals surface area contributed by atoms with Crippen molar-refractivity contribution in [3.63, 3.8) is 0 Å². The Labute approximate surface area is 130 Å². The van der Waals surface area contributed by atoms with E-state index >= 15 is 0 Å². The molecule has 1 aromatic heterocycles. The lowest BCUT2D eigenvalue weighted by molar-refractivity contribution is -0.384. The number of urea groups is 1. The first kappa shape index (κ1) is 16.2. The summed E-state index contributed by atoms with van der Waals surface area (Å²) in [4.78, 5) is 34.4. The number of benzene rings is 1. The second-order valence-electron chi connectivity index (χ2n) is 4.72. The fourth-order valence-electron chi connectivity index (χ4n) is 2.17. The Morgan fingerprint density at radius 1 is 1.48 bits per heavy atom. The number of aromatic nitrogens is 2. The Balaban J connectivity index is 2.45. The van der Waals surface area contributed by atoms with E-state index in [0.29, 0.717) is 10.9 Å². The molecule has 122 valence electrons. The Morgan fingerprint density at radius 2 is 2.17 bits per heavy atom. The highest BCUT2D eigenvalue weighted by molar-refractivity contribution is 6.01. The minimum Gasteiger partial charge on any atom is -0.469 e. The highest BCUT2D eigenvalue weighted by Crippen LogP contribution is 2.28. The van der Waals surface area contributed by atoms with E-state index in [-0.39, 0.29) is 24.5 Å². The van der Waals surface area contributed by atoms with Crippen LogP contribution in [0.1, 0.15) is 6.42 Å². The summed E-state index contributed by atoms with van der Waals surface area (Å²) in [5.41, 5.74) is 5.73. The molecule has 0 aliphatic rings. The van der Waals surface area contributed by atoms with E-state index in [1.54, 1.807) is 7.05 Å². The van der Waals surface area contributed by atoms with Crippen molar-refractivity contribution in [3.05, 3.63) is 28.3 Å². The molecular weight excluding hydrogens is 306 g/mol. The van der Waals surface area contributed by atoms with E-state index in [0.717, 1.165) is 4.90 Å². The van der Waals surface area contributed by atoms with Gasteiger partial charge in [0.25, 0.3) is 5.69 Å². The number of nitro groups is 1. The van der Waals surface area contributed by atoms with Crippen LogP contribution in [0.4, 0.5) is 16.3 Å². The summed E-state index contributed by atoms with van der Waals surface area (Å²) in [5.74, 6) is -0.263. The normalized spacial score (nSPS) is 10.5. The predicted octanol–water partition coefficient (Wildman–Crippen LogP) is 0.930. The number of nitrogens with zero attached hydrogens (tertiary/aromatic N) is 4. The molecule has 0 aliphatic heterocycles. The van der Waals surface area contributed by atoms with Gasteiger partial charge in [-0.15, -0.1) is 0 Å². The molecule has 0 spiro atoms. The van der Waals surface area contributed by atoms with Crippen LogP contribution in [-0.4, -0.2) is 40.4 Å². The Kier molecular flexibility index (Phi) is 4.44. The van der Waals surface area contributed by atoms with Crippen LogP contribution in [0.15, 0.2) is 18.2 Å². The van der Waals surface area contributed by atoms with Crippen molar-refractivity contribution in [1.82, 2.24) is 9.78 Å². The number of nitro benzene ring substituents is 1. The number of amides is 2. The van der Waals surface area contributed by atoms with Gasteiger partial charge in [-0.3, -0.25) is 24.5 Å². The number of primary amides is 1. The SMILES string of the molecule is COC(=O)CCN(C(N)=O)c1nn(C)c2cc([N+](=O)[O-])ccc12. The maximum atomic E-state index is 11.7. The Morgan fingerprint density at radius 3 is 2.74 bits per heavy atom. The van der Waals surface area contributed by atoms with Crippen LogP contribution in [0.3, 0.4) is 0 Å². The summed E-state index contributed by atoms with van der Waals surface area (Å²) < 4.78 is 5.94. The molecule has 1 aromatic carbocycles. The molecule has 0 bridgehead atoms. The van der Waals surface area contributed by atoms with Crippen LogP contribution in [0.2, 0.25) is 0 Å². The lowest BCUT2D eigenvalue weighted by atomic mass is 10.2. The van der Waals surface area contributed by atoms with Gasteiger partial charge in [-0.1, -0.05) is 0 Å². The van der Waals surface area contributed by atoms with Crippen molar-refractivity contribution in [1.29, 1.82) is 0 Å². The number of anilines is 1. The smallest absolute Gasteiger partial charge is 0.320 e. The molecule has 2 N–H and O–H groups in total. The zero-order valence-corrected chi connectivity index (χ0v) is 12.6. The summed E-state index contributed by atoms with van der Waals surface area (Å²) in [6.45, 7) is -0.00882. The highest BCUT2D eigenvalue weighted by Gasteiger charge is 2.22. The molecule has 0 radical (unpaired) electrons. The lowest BCUT2D eigenvalue weighted by Crippen LogP contribution is -2.38. The highest BCUT2D eigenvalue weighted by atomic mass is 16.6. The summed E-state index contributed by atoms with van der Waals surface area (Å²) in [5, 5.41) is 15.6. The first-order valence-electron chi connectivity index (χ1n) is 6.60. The third kappa shape index (κ3) is 3.20. The molecule has 0 unspecified atom stereocenters. The van der Waals surface area contributed by atoms with Gasteiger partial charge in [0.15, 0.2) is 5.82 Å². The van der Waals surface area contributed by atoms with Crippen LogP contribution in [-0.2, 0) is 16.6 Å². The number of aryl methyl sites for hydroxylation is 1. The van der Waals surface area contributed by atoms with E-state index in [4.69, 9.17) is 5.73 Å². The fourth-order valence-corrected chi connectivity index (χ4v) is 2.17. The number of methoxy groups -OCH3 is 1. The number of hydrogen-bond acceptors (Lipinski definition) is 6. The van der Waals surface area contributed by atoms with Crippen molar-refractivity contribution in [2.24, 2.45) is 12.8 Å². The number of carbonyl (C=O) groups excluding carboxylic acids is 2. The molecule has 0 fully saturated rings. The monoisotopic (exact) mass is 321 g/mol. The molecule has 0 saturated heterocycles. The third-order valence-electron chi connectivity index (χ3n) is 3.32. The Bertz CT molecular complexity index is 784. The van der Waals surface area contributed by atoms with E-state index in [9.17, 15) is 19.7 Å². The van der Waals surface area contributed by atoms with Crippen LogP contribution in [0, 0.1) is 10.1 Å². The molecule has 10 heteroatoms. The molecule has 1 heterocycles. The summed E-state index contributed by atoms with van der Waals surface area (Å²) in [6, 6.07) is 3.37. The van der Waals surface area contributed by atoms with Crippen molar-refractivity contribution in [3.8, 4) is 0 Å². The van der Waals surface area contributed by atoms with Gasteiger partial charge in [0.05, 0.1) is 24.0 Å².